The number of carbonyl (C=O) groups excluding carboxylic acids is 1. The van der Waals surface area contributed by atoms with Gasteiger partial charge in [0.2, 0.25) is 0 Å². The van der Waals surface area contributed by atoms with E-state index in [1.165, 1.54) is 0 Å². The molecule has 0 aliphatic rings. The van der Waals surface area contributed by atoms with Crippen LogP contribution in [0.2, 0.25) is 5.02 Å². The molecule has 4 nitrogen and oxygen atoms in total. The van der Waals surface area contributed by atoms with Gasteiger partial charge in [-0.25, -0.2) is 4.79 Å². The fourth-order valence-corrected chi connectivity index (χ4v) is 2.16. The Labute approximate surface area is 125 Å². The van der Waals surface area contributed by atoms with Crippen molar-refractivity contribution in [3.05, 3.63) is 34.9 Å². The van der Waals surface area contributed by atoms with Gasteiger partial charge in [-0.3, -0.25) is 0 Å². The Balaban J connectivity index is 2.49. The number of hydrogen-bond acceptors (Lipinski definition) is 2. The number of nitrogens with one attached hydrogen (secondary N) is 2. The molecule has 1 atom stereocenters. The number of urea groups is 1. The van der Waals surface area contributed by atoms with Crippen molar-refractivity contribution < 1.29 is 9.90 Å². The van der Waals surface area contributed by atoms with Crippen molar-refractivity contribution in [2.24, 2.45) is 5.41 Å². The molecular formula is C15H23ClN2O2. The highest BCUT2D eigenvalue weighted by molar-refractivity contribution is 6.31. The summed E-state index contributed by atoms with van der Waals surface area (Å²) in [5.41, 5.74) is 0.763. The zero-order valence-corrected chi connectivity index (χ0v) is 13.0. The van der Waals surface area contributed by atoms with E-state index in [-0.39, 0.29) is 24.1 Å². The maximum Gasteiger partial charge on any atom is 0.315 e. The predicted octanol–water partition coefficient (Wildman–Crippen LogP) is 3.11. The average Bonchev–Trinajstić information content (AvgIpc) is 2.37. The second-order valence-corrected chi connectivity index (χ2v) is 6.12. The van der Waals surface area contributed by atoms with Gasteiger partial charge in [-0.1, -0.05) is 43.6 Å². The summed E-state index contributed by atoms with van der Waals surface area (Å²) in [6.07, 6.45) is 0.646. The van der Waals surface area contributed by atoms with E-state index in [0.29, 0.717) is 18.0 Å². The molecule has 0 saturated carbocycles. The standard InChI is InChI=1S/C15H23ClN2O2/c1-11(12-6-4-5-7-13(12)16)18-14(20)17-10-15(2,3)8-9-19/h4-7,11,19H,8-10H2,1-3H3,(H2,17,18,20). The molecule has 0 bridgehead atoms. The zero-order chi connectivity index (χ0) is 15.2. The van der Waals surface area contributed by atoms with Crippen molar-refractivity contribution in [1.29, 1.82) is 0 Å². The van der Waals surface area contributed by atoms with Crippen LogP contribution < -0.4 is 10.6 Å². The highest BCUT2D eigenvalue weighted by atomic mass is 35.5. The Morgan fingerprint density at radius 2 is 2.05 bits per heavy atom. The third-order valence-electron chi connectivity index (χ3n) is 3.24. The van der Waals surface area contributed by atoms with E-state index >= 15 is 0 Å². The van der Waals surface area contributed by atoms with Crippen molar-refractivity contribution in [1.82, 2.24) is 10.6 Å². The van der Waals surface area contributed by atoms with Crippen LogP contribution in [0.5, 0.6) is 0 Å². The van der Waals surface area contributed by atoms with Crippen molar-refractivity contribution >= 4 is 17.6 Å². The zero-order valence-electron chi connectivity index (χ0n) is 12.2. The van der Waals surface area contributed by atoms with Crippen LogP contribution in [-0.4, -0.2) is 24.3 Å². The summed E-state index contributed by atoms with van der Waals surface area (Å²) in [6.45, 7) is 6.52. The Hall–Kier alpha value is -1.26. The molecule has 0 aromatic heterocycles. The summed E-state index contributed by atoms with van der Waals surface area (Å²) in [4.78, 5) is 11.9. The molecule has 0 aliphatic heterocycles. The minimum atomic E-state index is -0.233. The molecule has 1 rings (SSSR count). The molecule has 0 fully saturated rings. The van der Waals surface area contributed by atoms with Crippen LogP contribution in [0.3, 0.4) is 0 Å². The molecule has 20 heavy (non-hydrogen) atoms. The topological polar surface area (TPSA) is 61.4 Å². The molecule has 0 saturated heterocycles. The van der Waals surface area contributed by atoms with Crippen LogP contribution in [0.1, 0.15) is 38.8 Å². The summed E-state index contributed by atoms with van der Waals surface area (Å²) >= 11 is 6.09. The van der Waals surface area contributed by atoms with Crippen LogP contribution in [0.4, 0.5) is 4.79 Å². The van der Waals surface area contributed by atoms with Crippen LogP contribution in [-0.2, 0) is 0 Å². The molecule has 2 amide bonds. The Bertz CT molecular complexity index is 449. The van der Waals surface area contributed by atoms with Crippen LogP contribution >= 0.6 is 11.6 Å². The van der Waals surface area contributed by atoms with Gasteiger partial charge in [0.05, 0.1) is 6.04 Å². The van der Waals surface area contributed by atoms with Gasteiger partial charge < -0.3 is 15.7 Å². The van der Waals surface area contributed by atoms with Gasteiger partial charge in [0.1, 0.15) is 0 Å². The maximum atomic E-state index is 11.9. The maximum absolute atomic E-state index is 11.9. The molecule has 0 spiro atoms. The van der Waals surface area contributed by atoms with Gasteiger partial charge in [0.25, 0.3) is 0 Å². The van der Waals surface area contributed by atoms with E-state index in [1.54, 1.807) is 6.07 Å². The second kappa shape index (κ2) is 7.50. The minimum absolute atomic E-state index is 0.117. The number of halogens is 1. The number of aliphatic hydroxyl groups is 1. The van der Waals surface area contributed by atoms with Gasteiger partial charge >= 0.3 is 6.03 Å². The third kappa shape index (κ3) is 5.39. The van der Waals surface area contributed by atoms with E-state index in [4.69, 9.17) is 16.7 Å². The van der Waals surface area contributed by atoms with Crippen molar-refractivity contribution in [3.63, 3.8) is 0 Å². The number of amides is 2. The van der Waals surface area contributed by atoms with E-state index in [1.807, 2.05) is 39.0 Å². The van der Waals surface area contributed by atoms with Crippen LogP contribution in [0.15, 0.2) is 24.3 Å². The first kappa shape index (κ1) is 16.8. The summed E-state index contributed by atoms with van der Waals surface area (Å²) in [6, 6.07) is 7.05. The number of rotatable bonds is 6. The van der Waals surface area contributed by atoms with E-state index < -0.39 is 0 Å². The van der Waals surface area contributed by atoms with E-state index in [9.17, 15) is 4.79 Å². The first-order valence-electron chi connectivity index (χ1n) is 6.75. The lowest BCUT2D eigenvalue weighted by molar-refractivity contribution is 0.200. The lowest BCUT2D eigenvalue weighted by Crippen LogP contribution is -2.41. The summed E-state index contributed by atoms with van der Waals surface area (Å²) in [7, 11) is 0. The van der Waals surface area contributed by atoms with Gasteiger partial charge in [-0.05, 0) is 30.4 Å². The number of benzene rings is 1. The van der Waals surface area contributed by atoms with Crippen LogP contribution in [0, 0.1) is 5.41 Å². The van der Waals surface area contributed by atoms with Gasteiger partial charge in [0.15, 0.2) is 0 Å². The molecule has 0 aliphatic carbocycles. The Morgan fingerprint density at radius 3 is 2.65 bits per heavy atom. The number of aliphatic hydroxyl groups excluding tert-OH is 1. The lowest BCUT2D eigenvalue weighted by atomic mass is 9.90. The van der Waals surface area contributed by atoms with Crippen molar-refractivity contribution in [2.45, 2.75) is 33.2 Å². The monoisotopic (exact) mass is 298 g/mol. The van der Waals surface area contributed by atoms with Gasteiger partial charge in [-0.2, -0.15) is 0 Å². The molecule has 1 aromatic rings. The molecule has 0 radical (unpaired) electrons. The Morgan fingerprint density at radius 1 is 1.40 bits per heavy atom. The normalized spacial score (nSPS) is 12.8. The Kier molecular flexibility index (Phi) is 6.30. The summed E-state index contributed by atoms with van der Waals surface area (Å²) in [5.74, 6) is 0. The molecule has 1 unspecified atom stereocenters. The van der Waals surface area contributed by atoms with Crippen molar-refractivity contribution in [2.75, 3.05) is 13.2 Å². The fraction of sp³-hybridized carbons (Fsp3) is 0.533. The summed E-state index contributed by atoms with van der Waals surface area (Å²) in [5, 5.41) is 15.3. The minimum Gasteiger partial charge on any atom is -0.396 e. The fourth-order valence-electron chi connectivity index (χ4n) is 1.86. The molecular weight excluding hydrogens is 276 g/mol. The lowest BCUT2D eigenvalue weighted by Gasteiger charge is -2.24. The van der Waals surface area contributed by atoms with E-state index in [2.05, 4.69) is 10.6 Å². The summed E-state index contributed by atoms with van der Waals surface area (Å²) < 4.78 is 0. The number of carbonyl (C=O) groups is 1. The quantitative estimate of drug-likeness (QED) is 0.756. The second-order valence-electron chi connectivity index (χ2n) is 5.71. The van der Waals surface area contributed by atoms with Crippen LogP contribution in [0.25, 0.3) is 0 Å². The highest BCUT2D eigenvalue weighted by Crippen LogP contribution is 2.22. The highest BCUT2D eigenvalue weighted by Gasteiger charge is 2.19. The number of hydrogen-bond donors (Lipinski definition) is 3. The molecule has 0 heterocycles. The van der Waals surface area contributed by atoms with Crippen molar-refractivity contribution in [3.8, 4) is 0 Å². The molecule has 3 N–H and O–H groups in total. The first-order valence-corrected chi connectivity index (χ1v) is 7.13. The third-order valence-corrected chi connectivity index (χ3v) is 3.58. The first-order chi connectivity index (χ1) is 9.35. The smallest absolute Gasteiger partial charge is 0.315 e. The SMILES string of the molecule is CC(NC(=O)NCC(C)(C)CCO)c1ccccc1Cl. The average molecular weight is 299 g/mol. The predicted molar refractivity (Wildman–Crippen MR) is 81.9 cm³/mol. The molecule has 1 aromatic carbocycles. The largest absolute Gasteiger partial charge is 0.396 e. The van der Waals surface area contributed by atoms with Gasteiger partial charge in [-0.15, -0.1) is 0 Å². The molecule has 5 heteroatoms. The molecule has 112 valence electrons. The van der Waals surface area contributed by atoms with Gasteiger partial charge in [0, 0.05) is 18.2 Å². The van der Waals surface area contributed by atoms with E-state index in [0.717, 1.165) is 5.56 Å².